The molecule has 0 radical (unpaired) electrons. The lowest BCUT2D eigenvalue weighted by molar-refractivity contribution is -0.192. The molecule has 0 unspecified atom stereocenters. The number of ether oxygens (including phenoxy) is 2. The number of halogens is 5. The van der Waals surface area contributed by atoms with Crippen LogP contribution in [0, 0.1) is 5.82 Å². The Morgan fingerprint density at radius 3 is 2.29 bits per heavy atom. The summed E-state index contributed by atoms with van der Waals surface area (Å²) in [7, 11) is 0. The van der Waals surface area contributed by atoms with E-state index in [-0.39, 0.29) is 23.6 Å². The van der Waals surface area contributed by atoms with Crippen LogP contribution in [0.15, 0.2) is 30.6 Å². The van der Waals surface area contributed by atoms with Gasteiger partial charge in [0.1, 0.15) is 22.9 Å². The molecule has 15 heteroatoms. The Hall–Kier alpha value is -4.04. The zero-order chi connectivity index (χ0) is 27.9. The van der Waals surface area contributed by atoms with Gasteiger partial charge in [0.05, 0.1) is 12.4 Å². The van der Waals surface area contributed by atoms with Gasteiger partial charge in [0.15, 0.2) is 23.2 Å². The van der Waals surface area contributed by atoms with Crippen LogP contribution < -0.4 is 19.7 Å². The summed E-state index contributed by atoms with van der Waals surface area (Å²) in [5.41, 5.74) is 1.35. The molecule has 0 bridgehead atoms. The average molecular weight is 544 g/mol. The standard InChI is InChI=1S/C21H24F2N6O2.C2HF3O2/c1-13(2)26-20-21(28-18-11-25-24-10-17(18)27-20)29-7-5-14(6-8-29)31-19-4-3-15(30-12-22)9-16(19)23;3-2(4,5)1(6)7/h3-4,9-11,13-14H,5-8,12H2,1-2H3,(H,26,27);(H,6,7). The molecule has 0 amide bonds. The van der Waals surface area contributed by atoms with Crippen LogP contribution in [0.3, 0.4) is 0 Å². The smallest absolute Gasteiger partial charge is 0.487 e. The number of hydrogen-bond acceptors (Lipinski definition) is 9. The zero-order valence-electron chi connectivity index (χ0n) is 20.4. The number of nitrogens with one attached hydrogen (secondary N) is 1. The number of aromatic nitrogens is 4. The van der Waals surface area contributed by atoms with Crippen LogP contribution in [0.1, 0.15) is 26.7 Å². The number of rotatable bonds is 7. The van der Waals surface area contributed by atoms with Gasteiger partial charge in [0, 0.05) is 38.0 Å². The third kappa shape index (κ3) is 7.73. The number of anilines is 2. The Morgan fingerprint density at radius 2 is 1.76 bits per heavy atom. The van der Waals surface area contributed by atoms with Crippen molar-refractivity contribution in [2.24, 2.45) is 0 Å². The van der Waals surface area contributed by atoms with E-state index in [1.54, 1.807) is 12.4 Å². The zero-order valence-corrected chi connectivity index (χ0v) is 20.4. The lowest BCUT2D eigenvalue weighted by atomic mass is 10.1. The van der Waals surface area contributed by atoms with E-state index in [2.05, 4.69) is 30.1 Å². The molecule has 0 saturated carbocycles. The monoisotopic (exact) mass is 544 g/mol. The second kappa shape index (κ2) is 12.5. The second-order valence-corrected chi connectivity index (χ2v) is 8.41. The molecule has 1 aromatic carbocycles. The normalized spacial score (nSPS) is 14.2. The number of hydrogen-bond donors (Lipinski definition) is 2. The van der Waals surface area contributed by atoms with Crippen molar-refractivity contribution in [2.75, 3.05) is 30.2 Å². The van der Waals surface area contributed by atoms with Crippen molar-refractivity contribution in [2.45, 2.75) is 45.0 Å². The van der Waals surface area contributed by atoms with E-state index in [0.717, 1.165) is 11.9 Å². The summed E-state index contributed by atoms with van der Waals surface area (Å²) in [5.74, 6) is -1.61. The molecule has 4 rings (SSSR count). The minimum Gasteiger partial charge on any atom is -0.487 e. The van der Waals surface area contributed by atoms with Crippen molar-refractivity contribution in [3.63, 3.8) is 0 Å². The van der Waals surface area contributed by atoms with Crippen molar-refractivity contribution in [1.29, 1.82) is 0 Å². The molecule has 10 nitrogen and oxygen atoms in total. The lowest BCUT2D eigenvalue weighted by Gasteiger charge is -2.34. The summed E-state index contributed by atoms with van der Waals surface area (Å²) in [4.78, 5) is 20.5. The highest BCUT2D eigenvalue weighted by molar-refractivity contribution is 5.79. The number of fused-ring (bicyclic) bond motifs is 1. The average Bonchev–Trinajstić information content (AvgIpc) is 2.85. The van der Waals surface area contributed by atoms with Crippen molar-refractivity contribution in [1.82, 2.24) is 20.2 Å². The maximum absolute atomic E-state index is 14.2. The van der Waals surface area contributed by atoms with Gasteiger partial charge in [-0.05, 0) is 26.0 Å². The third-order valence-electron chi connectivity index (χ3n) is 5.19. The molecule has 1 aliphatic rings. The number of piperidine rings is 1. The summed E-state index contributed by atoms with van der Waals surface area (Å²) in [6, 6.07) is 4.27. The molecule has 1 fully saturated rings. The molecule has 1 aliphatic heterocycles. The van der Waals surface area contributed by atoms with E-state index < -0.39 is 24.8 Å². The number of aliphatic carboxylic acids is 1. The molecule has 206 valence electrons. The lowest BCUT2D eigenvalue weighted by Crippen LogP contribution is -2.39. The fourth-order valence-electron chi connectivity index (χ4n) is 3.50. The molecule has 0 aliphatic carbocycles. The topological polar surface area (TPSA) is 123 Å². The highest BCUT2D eigenvalue weighted by atomic mass is 19.4. The largest absolute Gasteiger partial charge is 0.490 e. The quantitative estimate of drug-likeness (QED) is 0.415. The predicted octanol–water partition coefficient (Wildman–Crippen LogP) is 4.37. The summed E-state index contributed by atoms with van der Waals surface area (Å²) < 4.78 is 68.7. The first kappa shape index (κ1) is 28.5. The van der Waals surface area contributed by atoms with Gasteiger partial charge >= 0.3 is 12.1 Å². The highest BCUT2D eigenvalue weighted by Gasteiger charge is 2.38. The Kier molecular flexibility index (Phi) is 9.36. The maximum Gasteiger partial charge on any atom is 0.490 e. The van der Waals surface area contributed by atoms with Gasteiger partial charge in [0.25, 0.3) is 0 Å². The van der Waals surface area contributed by atoms with Gasteiger partial charge in [0.2, 0.25) is 6.86 Å². The van der Waals surface area contributed by atoms with Crippen LogP contribution >= 0.6 is 0 Å². The minimum atomic E-state index is -5.08. The van der Waals surface area contributed by atoms with Crippen molar-refractivity contribution >= 4 is 28.6 Å². The maximum atomic E-state index is 14.2. The van der Waals surface area contributed by atoms with E-state index in [1.165, 1.54) is 12.1 Å². The highest BCUT2D eigenvalue weighted by Crippen LogP contribution is 2.30. The summed E-state index contributed by atoms with van der Waals surface area (Å²) in [6.45, 7) is 4.44. The molecule has 38 heavy (non-hydrogen) atoms. The van der Waals surface area contributed by atoms with E-state index in [1.807, 2.05) is 13.8 Å². The molecule has 0 atom stereocenters. The van der Waals surface area contributed by atoms with Crippen molar-refractivity contribution in [3.05, 3.63) is 36.4 Å². The van der Waals surface area contributed by atoms with Crippen LogP contribution in [-0.4, -0.2) is 69.5 Å². The van der Waals surface area contributed by atoms with Crippen molar-refractivity contribution < 1.29 is 41.3 Å². The third-order valence-corrected chi connectivity index (χ3v) is 5.19. The van der Waals surface area contributed by atoms with Crippen molar-refractivity contribution in [3.8, 4) is 11.5 Å². The Bertz CT molecular complexity index is 1240. The molecular weight excluding hydrogens is 519 g/mol. The number of alkyl halides is 4. The predicted molar refractivity (Wildman–Crippen MR) is 126 cm³/mol. The molecule has 3 aromatic rings. The first-order chi connectivity index (χ1) is 18.0. The Labute approximate surface area is 213 Å². The summed E-state index contributed by atoms with van der Waals surface area (Å²) in [6.07, 6.45) is -0.648. The van der Waals surface area contributed by atoms with Gasteiger partial charge in [-0.1, -0.05) is 0 Å². The van der Waals surface area contributed by atoms with Gasteiger partial charge < -0.3 is 24.8 Å². The van der Waals surface area contributed by atoms with Crippen LogP contribution in [0.25, 0.3) is 11.0 Å². The van der Waals surface area contributed by atoms with Crippen LogP contribution in [-0.2, 0) is 4.79 Å². The van der Waals surface area contributed by atoms with Gasteiger partial charge in [-0.3, -0.25) is 0 Å². The van der Waals surface area contributed by atoms with Gasteiger partial charge in [-0.15, -0.1) is 0 Å². The summed E-state index contributed by atoms with van der Waals surface area (Å²) >= 11 is 0. The van der Waals surface area contributed by atoms with E-state index >= 15 is 0 Å². The minimum absolute atomic E-state index is 0.131. The number of carboxylic acid groups (broad SMARTS) is 1. The molecule has 2 aromatic heterocycles. The summed E-state index contributed by atoms with van der Waals surface area (Å²) in [5, 5.41) is 18.3. The molecule has 2 N–H and O–H groups in total. The van der Waals surface area contributed by atoms with Gasteiger partial charge in [-0.25, -0.2) is 23.5 Å². The number of benzene rings is 1. The molecule has 3 heterocycles. The fraction of sp³-hybridized carbons (Fsp3) is 0.435. The van der Waals surface area contributed by atoms with Crippen LogP contribution in [0.2, 0.25) is 0 Å². The van der Waals surface area contributed by atoms with E-state index in [0.29, 0.717) is 42.8 Å². The molecule has 1 saturated heterocycles. The number of nitrogens with zero attached hydrogens (tertiary/aromatic N) is 5. The first-order valence-corrected chi connectivity index (χ1v) is 11.4. The Balaban J connectivity index is 0.000000505. The van der Waals surface area contributed by atoms with Gasteiger partial charge in [-0.2, -0.15) is 23.4 Å². The molecular formula is C23H25F5N6O4. The fourth-order valence-corrected chi connectivity index (χ4v) is 3.50. The van der Waals surface area contributed by atoms with Crippen LogP contribution in [0.4, 0.5) is 33.6 Å². The van der Waals surface area contributed by atoms with E-state index in [9.17, 15) is 22.0 Å². The first-order valence-electron chi connectivity index (χ1n) is 11.4. The Morgan fingerprint density at radius 1 is 1.16 bits per heavy atom. The van der Waals surface area contributed by atoms with E-state index in [4.69, 9.17) is 19.6 Å². The SMILES string of the molecule is CC(C)Nc1nc2cnncc2nc1N1CCC(Oc2ccc(OCF)cc2F)CC1.O=C(O)C(F)(F)F. The number of carboxylic acids is 1. The molecule has 0 spiro atoms. The number of carbonyl (C=O) groups is 1. The second-order valence-electron chi connectivity index (χ2n) is 8.41. The van der Waals surface area contributed by atoms with Crippen LogP contribution in [0.5, 0.6) is 11.5 Å².